The van der Waals surface area contributed by atoms with Gasteiger partial charge in [0, 0.05) is 6.61 Å². The van der Waals surface area contributed by atoms with Gasteiger partial charge in [0.25, 0.3) is 0 Å². The van der Waals surface area contributed by atoms with Gasteiger partial charge in [-0.3, -0.25) is 0 Å². The minimum absolute atomic E-state index is 0.0278. The van der Waals surface area contributed by atoms with Crippen LogP contribution < -0.4 is 0 Å². The van der Waals surface area contributed by atoms with Crippen LogP contribution in [0.25, 0.3) is 0 Å². The van der Waals surface area contributed by atoms with Gasteiger partial charge < -0.3 is 14.9 Å². The Bertz CT molecular complexity index is 311. The largest absolute Gasteiger partial charge is 0.393 e. The fourth-order valence-corrected chi connectivity index (χ4v) is 3.70. The molecule has 6 atom stereocenters. The molecule has 158 valence electrons. The second-order valence-corrected chi connectivity index (χ2v) is 8.92. The van der Waals surface area contributed by atoms with Crippen LogP contribution in [0.1, 0.15) is 99.8 Å². The van der Waals surface area contributed by atoms with Crippen molar-refractivity contribution in [1.82, 2.24) is 0 Å². The van der Waals surface area contributed by atoms with E-state index in [2.05, 4.69) is 41.5 Å². The Labute approximate surface area is 163 Å². The molecule has 3 nitrogen and oxygen atoms in total. The van der Waals surface area contributed by atoms with Crippen LogP contribution in [0.5, 0.6) is 0 Å². The van der Waals surface area contributed by atoms with Gasteiger partial charge in [0.05, 0.1) is 18.3 Å². The van der Waals surface area contributed by atoms with Crippen molar-refractivity contribution >= 4 is 0 Å². The maximum absolute atomic E-state index is 9.19. The van der Waals surface area contributed by atoms with E-state index >= 15 is 0 Å². The predicted octanol–water partition coefficient (Wildman–Crippen LogP) is 5.82. The van der Waals surface area contributed by atoms with Crippen molar-refractivity contribution in [2.45, 2.75) is 118 Å². The first-order chi connectivity index (χ1) is 12.2. The average Bonchev–Trinajstić information content (AvgIpc) is 3.25. The summed E-state index contributed by atoms with van der Waals surface area (Å²) in [4.78, 5) is 0. The minimum Gasteiger partial charge on any atom is -0.393 e. The highest BCUT2D eigenvalue weighted by Gasteiger charge is 2.22. The molecule has 0 amide bonds. The van der Waals surface area contributed by atoms with Gasteiger partial charge in [0.1, 0.15) is 0 Å². The van der Waals surface area contributed by atoms with E-state index in [1.54, 1.807) is 0 Å². The van der Waals surface area contributed by atoms with E-state index in [9.17, 15) is 5.11 Å². The van der Waals surface area contributed by atoms with Crippen molar-refractivity contribution in [2.75, 3.05) is 6.61 Å². The SMILES string of the molecule is CC(C)C[C@@H]1CCCO1.CCC(C)C(C)C(C)O.CC[C@H]1CCC[C@@H]1O. The molecule has 3 heteroatoms. The third-order valence-corrected chi connectivity index (χ3v) is 6.20. The van der Waals surface area contributed by atoms with E-state index in [0.717, 1.165) is 31.8 Å². The molecule has 0 aromatic rings. The van der Waals surface area contributed by atoms with Crippen molar-refractivity contribution in [3.63, 3.8) is 0 Å². The second kappa shape index (κ2) is 14.9. The van der Waals surface area contributed by atoms with Crippen molar-refractivity contribution in [3.8, 4) is 0 Å². The van der Waals surface area contributed by atoms with Crippen molar-refractivity contribution in [3.05, 3.63) is 0 Å². The molecule has 1 aliphatic heterocycles. The summed E-state index contributed by atoms with van der Waals surface area (Å²) in [7, 11) is 0. The van der Waals surface area contributed by atoms with Gasteiger partial charge in [-0.05, 0) is 62.7 Å². The lowest BCUT2D eigenvalue weighted by Gasteiger charge is -2.20. The Morgan fingerprint density at radius 3 is 1.88 bits per heavy atom. The lowest BCUT2D eigenvalue weighted by Crippen LogP contribution is -2.19. The summed E-state index contributed by atoms with van der Waals surface area (Å²) in [5, 5.41) is 18.3. The van der Waals surface area contributed by atoms with E-state index in [4.69, 9.17) is 9.84 Å². The highest BCUT2D eigenvalue weighted by Crippen LogP contribution is 2.27. The van der Waals surface area contributed by atoms with Gasteiger partial charge in [-0.15, -0.1) is 0 Å². The van der Waals surface area contributed by atoms with Crippen LogP contribution in [0.15, 0.2) is 0 Å². The molecule has 2 N–H and O–H groups in total. The predicted molar refractivity (Wildman–Crippen MR) is 112 cm³/mol. The summed E-state index contributed by atoms with van der Waals surface area (Å²) in [5.74, 6) is 2.50. The Hall–Kier alpha value is -0.120. The third-order valence-electron chi connectivity index (χ3n) is 6.20. The Balaban J connectivity index is 0.000000361. The summed E-state index contributed by atoms with van der Waals surface area (Å²) in [6, 6.07) is 0. The van der Waals surface area contributed by atoms with Gasteiger partial charge in [0.2, 0.25) is 0 Å². The molecule has 1 aliphatic carbocycles. The maximum Gasteiger partial charge on any atom is 0.0578 e. The summed E-state index contributed by atoms with van der Waals surface area (Å²) >= 11 is 0. The summed E-state index contributed by atoms with van der Waals surface area (Å²) in [6.45, 7) is 15.9. The fourth-order valence-electron chi connectivity index (χ4n) is 3.70. The number of hydrogen-bond acceptors (Lipinski definition) is 3. The molecule has 0 radical (unpaired) electrons. The first-order valence-corrected chi connectivity index (χ1v) is 11.2. The van der Waals surface area contributed by atoms with E-state index in [-0.39, 0.29) is 12.2 Å². The van der Waals surface area contributed by atoms with Crippen molar-refractivity contribution in [2.24, 2.45) is 23.7 Å². The van der Waals surface area contributed by atoms with Gasteiger partial charge in [-0.2, -0.15) is 0 Å². The average molecular weight is 373 g/mol. The summed E-state index contributed by atoms with van der Waals surface area (Å²) in [6.07, 6.45) is 10.1. The van der Waals surface area contributed by atoms with Gasteiger partial charge >= 0.3 is 0 Å². The molecule has 0 aromatic heterocycles. The monoisotopic (exact) mass is 372 g/mol. The molecule has 1 saturated heterocycles. The molecule has 1 saturated carbocycles. The van der Waals surface area contributed by atoms with Crippen LogP contribution >= 0.6 is 0 Å². The zero-order valence-electron chi connectivity index (χ0n) is 18.7. The fraction of sp³-hybridized carbons (Fsp3) is 1.00. The van der Waals surface area contributed by atoms with Crippen LogP contribution in [0.3, 0.4) is 0 Å². The molecule has 0 spiro atoms. The number of hydrogen-bond donors (Lipinski definition) is 2. The molecule has 0 aromatic carbocycles. The zero-order chi connectivity index (χ0) is 20.1. The molecule has 1 heterocycles. The van der Waals surface area contributed by atoms with Crippen LogP contribution in [0.2, 0.25) is 0 Å². The first kappa shape index (κ1) is 25.9. The first-order valence-electron chi connectivity index (χ1n) is 11.2. The highest BCUT2D eigenvalue weighted by atomic mass is 16.5. The van der Waals surface area contributed by atoms with Crippen LogP contribution in [0, 0.1) is 23.7 Å². The molecule has 2 rings (SSSR count). The normalized spacial score (nSPS) is 28.6. The molecule has 3 unspecified atom stereocenters. The lowest BCUT2D eigenvalue weighted by molar-refractivity contribution is 0.0939. The molecule has 0 bridgehead atoms. The van der Waals surface area contributed by atoms with Crippen molar-refractivity contribution < 1.29 is 14.9 Å². The molecule has 26 heavy (non-hydrogen) atoms. The van der Waals surface area contributed by atoms with Gasteiger partial charge in [-0.25, -0.2) is 0 Å². The topological polar surface area (TPSA) is 49.7 Å². The minimum atomic E-state index is -0.153. The Kier molecular flexibility index (Phi) is 14.8. The second-order valence-electron chi connectivity index (χ2n) is 8.92. The van der Waals surface area contributed by atoms with Crippen LogP contribution in [-0.4, -0.2) is 35.1 Å². The quantitative estimate of drug-likeness (QED) is 0.618. The van der Waals surface area contributed by atoms with Gasteiger partial charge in [0.15, 0.2) is 0 Å². The maximum atomic E-state index is 9.19. The highest BCUT2D eigenvalue weighted by molar-refractivity contribution is 4.74. The Morgan fingerprint density at radius 2 is 1.62 bits per heavy atom. The molecular weight excluding hydrogens is 324 g/mol. The lowest BCUT2D eigenvalue weighted by atomic mass is 9.90. The van der Waals surface area contributed by atoms with E-state index in [0.29, 0.717) is 23.9 Å². The summed E-state index contributed by atoms with van der Waals surface area (Å²) < 4.78 is 5.46. The molecule has 2 fully saturated rings. The Morgan fingerprint density at radius 1 is 0.962 bits per heavy atom. The zero-order valence-corrected chi connectivity index (χ0v) is 18.7. The van der Waals surface area contributed by atoms with E-state index < -0.39 is 0 Å². The number of aliphatic hydroxyl groups excluding tert-OH is 2. The van der Waals surface area contributed by atoms with Crippen LogP contribution in [0.4, 0.5) is 0 Å². The smallest absolute Gasteiger partial charge is 0.0578 e. The van der Waals surface area contributed by atoms with E-state index in [1.165, 1.54) is 32.1 Å². The number of rotatable bonds is 6. The van der Waals surface area contributed by atoms with Gasteiger partial charge in [-0.1, -0.05) is 60.8 Å². The van der Waals surface area contributed by atoms with Crippen molar-refractivity contribution in [1.29, 1.82) is 0 Å². The van der Waals surface area contributed by atoms with E-state index in [1.807, 2.05) is 6.92 Å². The number of aliphatic hydroxyl groups is 2. The summed E-state index contributed by atoms with van der Waals surface area (Å²) in [5.41, 5.74) is 0. The molecule has 2 aliphatic rings. The molecular formula is C23H48O3. The number of ether oxygens (including phenoxy) is 1. The third kappa shape index (κ3) is 11.6. The van der Waals surface area contributed by atoms with Crippen LogP contribution in [-0.2, 0) is 4.74 Å². The standard InChI is InChI=1S/C8H16O.C8H18O.C7H14O/c1-7(2)6-8-4-3-5-9-8;1-5-6(2)7(3)8(4)9;1-2-6-4-3-5-7(6)8/h7-8H,3-6H2,1-2H3;6-9H,5H2,1-4H3;6-8H,2-5H2,1H3/t8-;;6-,7-/m0.0/s1.